The summed E-state index contributed by atoms with van der Waals surface area (Å²) in [6, 6.07) is 4.96. The van der Waals surface area contributed by atoms with Crippen molar-refractivity contribution >= 4 is 29.1 Å². The molecule has 3 nitrogen and oxygen atoms in total. The van der Waals surface area contributed by atoms with Gasteiger partial charge in [0.15, 0.2) is 0 Å². The van der Waals surface area contributed by atoms with Crippen molar-refractivity contribution in [3.63, 3.8) is 0 Å². The summed E-state index contributed by atoms with van der Waals surface area (Å²) in [5.74, 6) is 0.101. The molecule has 0 aliphatic carbocycles. The van der Waals surface area contributed by atoms with Gasteiger partial charge >= 0.3 is 0 Å². The van der Waals surface area contributed by atoms with Crippen LogP contribution in [0, 0.1) is 0 Å². The second-order valence-electron chi connectivity index (χ2n) is 4.67. The van der Waals surface area contributed by atoms with Crippen molar-refractivity contribution < 1.29 is 4.79 Å². The van der Waals surface area contributed by atoms with E-state index >= 15 is 0 Å². The Hall–Kier alpha value is -0.770. The molecule has 1 amide bonds. The molecule has 18 heavy (non-hydrogen) atoms. The number of benzene rings is 1. The van der Waals surface area contributed by atoms with Crippen LogP contribution < -0.4 is 5.73 Å². The summed E-state index contributed by atoms with van der Waals surface area (Å²) in [6.45, 7) is 0. The lowest BCUT2D eigenvalue weighted by molar-refractivity contribution is -0.131. The lowest BCUT2D eigenvalue weighted by atomic mass is 9.96. The number of likely N-dealkylation sites (tertiary alicyclic amines) is 1. The van der Waals surface area contributed by atoms with Gasteiger partial charge in [-0.25, -0.2) is 0 Å². The van der Waals surface area contributed by atoms with Crippen molar-refractivity contribution in [3.05, 3.63) is 33.8 Å². The third-order valence-electron chi connectivity index (χ3n) is 3.42. The minimum absolute atomic E-state index is 0.101. The van der Waals surface area contributed by atoms with Crippen molar-refractivity contribution in [2.75, 3.05) is 7.05 Å². The fourth-order valence-corrected chi connectivity index (χ4v) is 2.86. The van der Waals surface area contributed by atoms with Gasteiger partial charge in [0.2, 0.25) is 5.91 Å². The Labute approximate surface area is 117 Å². The number of rotatable bonds is 1. The molecule has 1 aliphatic heterocycles. The van der Waals surface area contributed by atoms with E-state index in [4.69, 9.17) is 28.9 Å². The first-order valence-electron chi connectivity index (χ1n) is 5.97. The number of carbonyl (C=O) groups excluding carboxylic acids is 1. The van der Waals surface area contributed by atoms with E-state index in [1.807, 2.05) is 0 Å². The van der Waals surface area contributed by atoms with E-state index < -0.39 is 0 Å². The number of nitrogens with two attached hydrogens (primary N) is 1. The van der Waals surface area contributed by atoms with E-state index in [0.29, 0.717) is 16.5 Å². The van der Waals surface area contributed by atoms with Gasteiger partial charge in [0.05, 0.1) is 6.04 Å². The molecule has 2 atom stereocenters. The number of nitrogens with zero attached hydrogens (tertiary/aromatic N) is 1. The van der Waals surface area contributed by atoms with Crippen LogP contribution in [0.2, 0.25) is 10.0 Å². The number of hydrogen-bond acceptors (Lipinski definition) is 2. The monoisotopic (exact) mass is 286 g/mol. The first-order valence-corrected chi connectivity index (χ1v) is 6.72. The number of amides is 1. The summed E-state index contributed by atoms with van der Waals surface area (Å²) in [6.07, 6.45) is 2.17. The normalized spacial score (nSPS) is 25.1. The number of likely N-dealkylation sites (N-methyl/N-ethyl adjacent to an activating group) is 1. The van der Waals surface area contributed by atoms with Crippen LogP contribution in [0.4, 0.5) is 0 Å². The zero-order chi connectivity index (χ0) is 13.3. The maximum Gasteiger partial charge on any atom is 0.222 e. The molecule has 1 aromatic rings. The van der Waals surface area contributed by atoms with Gasteiger partial charge in [-0.15, -0.1) is 0 Å². The van der Waals surface area contributed by atoms with Crippen LogP contribution in [0.3, 0.4) is 0 Å². The second kappa shape index (κ2) is 5.47. The molecule has 0 bridgehead atoms. The highest BCUT2D eigenvalue weighted by atomic mass is 35.5. The molecule has 0 radical (unpaired) electrons. The van der Waals surface area contributed by atoms with Crippen LogP contribution in [0.1, 0.15) is 30.9 Å². The van der Waals surface area contributed by atoms with Crippen molar-refractivity contribution in [1.29, 1.82) is 0 Å². The molecule has 2 N–H and O–H groups in total. The van der Waals surface area contributed by atoms with Crippen molar-refractivity contribution in [2.24, 2.45) is 5.73 Å². The Bertz CT molecular complexity index is 464. The Morgan fingerprint density at radius 3 is 2.83 bits per heavy atom. The van der Waals surface area contributed by atoms with Crippen LogP contribution in [0.15, 0.2) is 18.2 Å². The minimum atomic E-state index is -0.203. The molecule has 2 rings (SSSR count). The van der Waals surface area contributed by atoms with Gasteiger partial charge in [0.1, 0.15) is 0 Å². The third-order valence-corrected chi connectivity index (χ3v) is 4.00. The SMILES string of the molecule is CN1C(=O)CCCC(N)C1c1cc(Cl)ccc1Cl. The van der Waals surface area contributed by atoms with E-state index in [9.17, 15) is 4.79 Å². The molecule has 1 fully saturated rings. The van der Waals surface area contributed by atoms with Crippen molar-refractivity contribution in [1.82, 2.24) is 4.90 Å². The Morgan fingerprint density at radius 1 is 1.39 bits per heavy atom. The topological polar surface area (TPSA) is 46.3 Å². The van der Waals surface area contributed by atoms with Crippen molar-refractivity contribution in [2.45, 2.75) is 31.3 Å². The van der Waals surface area contributed by atoms with Crippen LogP contribution in [-0.2, 0) is 4.79 Å². The molecular weight excluding hydrogens is 271 g/mol. The van der Waals surface area contributed by atoms with E-state index in [1.165, 1.54) is 0 Å². The predicted molar refractivity (Wildman–Crippen MR) is 73.8 cm³/mol. The Balaban J connectivity index is 2.44. The van der Waals surface area contributed by atoms with Crippen LogP contribution in [0.5, 0.6) is 0 Å². The van der Waals surface area contributed by atoms with Crippen LogP contribution >= 0.6 is 23.2 Å². The zero-order valence-electron chi connectivity index (χ0n) is 10.2. The average Bonchev–Trinajstić information content (AvgIpc) is 2.44. The Kier molecular flexibility index (Phi) is 4.15. The van der Waals surface area contributed by atoms with Gasteiger partial charge in [-0.1, -0.05) is 23.2 Å². The van der Waals surface area contributed by atoms with E-state index in [2.05, 4.69) is 0 Å². The minimum Gasteiger partial charge on any atom is -0.337 e. The van der Waals surface area contributed by atoms with E-state index in [0.717, 1.165) is 18.4 Å². The third kappa shape index (κ3) is 2.63. The molecule has 0 aromatic heterocycles. The standard InChI is InChI=1S/C13H16Cl2N2O/c1-17-12(18)4-2-3-11(16)13(17)9-7-8(14)5-6-10(9)15/h5-7,11,13H,2-4,16H2,1H3. The molecule has 0 spiro atoms. The van der Waals surface area contributed by atoms with Gasteiger partial charge < -0.3 is 10.6 Å². The smallest absolute Gasteiger partial charge is 0.222 e. The van der Waals surface area contributed by atoms with E-state index in [-0.39, 0.29) is 18.0 Å². The summed E-state index contributed by atoms with van der Waals surface area (Å²) in [4.78, 5) is 13.6. The second-order valence-corrected chi connectivity index (χ2v) is 5.52. The maximum atomic E-state index is 11.9. The molecule has 98 valence electrons. The fourth-order valence-electron chi connectivity index (χ4n) is 2.45. The summed E-state index contributed by atoms with van der Waals surface area (Å²) in [5, 5.41) is 1.20. The van der Waals surface area contributed by atoms with Crippen LogP contribution in [0.25, 0.3) is 0 Å². The number of hydrogen-bond donors (Lipinski definition) is 1. The highest BCUT2D eigenvalue weighted by molar-refractivity contribution is 6.33. The first kappa shape index (κ1) is 13.7. The molecule has 0 saturated carbocycles. The highest BCUT2D eigenvalue weighted by Crippen LogP contribution is 2.34. The molecule has 1 heterocycles. The van der Waals surface area contributed by atoms with Gasteiger partial charge in [0, 0.05) is 29.6 Å². The molecule has 5 heteroatoms. The largest absolute Gasteiger partial charge is 0.337 e. The molecular formula is C13H16Cl2N2O. The summed E-state index contributed by atoms with van der Waals surface area (Å²) in [5.41, 5.74) is 7.02. The highest BCUT2D eigenvalue weighted by Gasteiger charge is 2.31. The zero-order valence-corrected chi connectivity index (χ0v) is 11.7. The predicted octanol–water partition coefficient (Wildman–Crippen LogP) is 3.00. The van der Waals surface area contributed by atoms with Gasteiger partial charge in [0.25, 0.3) is 0 Å². The van der Waals surface area contributed by atoms with Gasteiger partial charge in [-0.2, -0.15) is 0 Å². The van der Waals surface area contributed by atoms with E-state index in [1.54, 1.807) is 30.1 Å². The fraction of sp³-hybridized carbons (Fsp3) is 0.462. The lowest BCUT2D eigenvalue weighted by Crippen LogP contribution is -2.39. The summed E-state index contributed by atoms with van der Waals surface area (Å²) >= 11 is 12.2. The lowest BCUT2D eigenvalue weighted by Gasteiger charge is -2.31. The average molecular weight is 287 g/mol. The molecule has 1 aliphatic rings. The maximum absolute atomic E-state index is 11.9. The molecule has 1 saturated heterocycles. The number of halogens is 2. The van der Waals surface area contributed by atoms with Crippen molar-refractivity contribution in [3.8, 4) is 0 Å². The summed E-state index contributed by atoms with van der Waals surface area (Å²) < 4.78 is 0. The molecule has 1 aromatic carbocycles. The van der Waals surface area contributed by atoms with Gasteiger partial charge in [-0.05, 0) is 36.6 Å². The molecule has 2 unspecified atom stereocenters. The Morgan fingerprint density at radius 2 is 2.11 bits per heavy atom. The van der Waals surface area contributed by atoms with Gasteiger partial charge in [-0.3, -0.25) is 4.79 Å². The quantitative estimate of drug-likeness (QED) is 0.863. The first-order chi connectivity index (χ1) is 8.50. The van der Waals surface area contributed by atoms with Crippen LogP contribution in [-0.4, -0.2) is 23.9 Å². The summed E-state index contributed by atoms with van der Waals surface area (Å²) in [7, 11) is 1.77. The number of carbonyl (C=O) groups is 1.